The smallest absolute Gasteiger partial charge is 0.253 e. The van der Waals surface area contributed by atoms with E-state index in [1.54, 1.807) is 12.3 Å². The number of aromatic nitrogens is 1. The van der Waals surface area contributed by atoms with Crippen molar-refractivity contribution in [1.29, 1.82) is 0 Å². The van der Waals surface area contributed by atoms with E-state index in [4.69, 9.17) is 4.74 Å². The number of hydrogen-bond donors (Lipinski definition) is 3. The van der Waals surface area contributed by atoms with Gasteiger partial charge < -0.3 is 20.5 Å². The minimum atomic E-state index is -0.671. The molecule has 2 aromatic rings. The standard InChI is InChI=1S/C20H25N3O3.2ClH/c1-13(2)26-17-7-16(9-21-11-17)20(25)23-12-19(24)18-8-14-5-3-4-6-15(14)10-22-18;;/h3-7,9,11,13,18-19,22,24H,8,10,12H2,1-2H3,(H,23,25);2*1H/t18-,19?;;/m0../s1. The van der Waals surface area contributed by atoms with E-state index in [2.05, 4.69) is 27.8 Å². The van der Waals surface area contributed by atoms with Crippen LogP contribution in [0.1, 0.15) is 35.3 Å². The van der Waals surface area contributed by atoms with Gasteiger partial charge in [0.1, 0.15) is 5.75 Å². The molecule has 0 saturated heterocycles. The molecule has 3 N–H and O–H groups in total. The van der Waals surface area contributed by atoms with Crippen molar-refractivity contribution in [3.8, 4) is 5.75 Å². The van der Waals surface area contributed by atoms with Crippen molar-refractivity contribution in [3.63, 3.8) is 0 Å². The number of amides is 1. The number of benzene rings is 1. The summed E-state index contributed by atoms with van der Waals surface area (Å²) in [5, 5.41) is 16.6. The number of aliphatic hydroxyl groups excluding tert-OH is 1. The van der Waals surface area contributed by atoms with Crippen molar-refractivity contribution in [2.45, 2.75) is 45.1 Å². The average Bonchev–Trinajstić information content (AvgIpc) is 2.65. The summed E-state index contributed by atoms with van der Waals surface area (Å²) in [6.07, 6.45) is 3.15. The van der Waals surface area contributed by atoms with E-state index < -0.39 is 6.10 Å². The van der Waals surface area contributed by atoms with Crippen molar-refractivity contribution in [2.24, 2.45) is 0 Å². The highest BCUT2D eigenvalue weighted by Gasteiger charge is 2.24. The van der Waals surface area contributed by atoms with Gasteiger partial charge in [0.2, 0.25) is 0 Å². The Kier molecular flexibility index (Phi) is 9.69. The molecule has 1 aliphatic heterocycles. The van der Waals surface area contributed by atoms with E-state index in [0.29, 0.717) is 11.3 Å². The highest BCUT2D eigenvalue weighted by atomic mass is 35.5. The third kappa shape index (κ3) is 6.34. The first kappa shape index (κ1) is 24.2. The first-order valence-corrected chi connectivity index (χ1v) is 8.91. The van der Waals surface area contributed by atoms with E-state index in [1.165, 1.54) is 17.3 Å². The SMILES string of the molecule is CC(C)Oc1cncc(C(=O)NCC(O)[C@@H]2Cc3ccccc3CN2)c1.Cl.Cl. The molecule has 2 atom stereocenters. The second-order valence-corrected chi connectivity index (χ2v) is 6.81. The Labute approximate surface area is 177 Å². The van der Waals surface area contributed by atoms with Crippen LogP contribution < -0.4 is 15.4 Å². The number of aliphatic hydroxyl groups is 1. The van der Waals surface area contributed by atoms with Gasteiger partial charge in [0, 0.05) is 25.3 Å². The maximum Gasteiger partial charge on any atom is 0.253 e. The lowest BCUT2D eigenvalue weighted by Gasteiger charge is -2.30. The second-order valence-electron chi connectivity index (χ2n) is 6.81. The summed E-state index contributed by atoms with van der Waals surface area (Å²) in [7, 11) is 0. The van der Waals surface area contributed by atoms with E-state index in [9.17, 15) is 9.90 Å². The quantitative estimate of drug-likeness (QED) is 0.659. The van der Waals surface area contributed by atoms with E-state index in [-0.39, 0.29) is 49.4 Å². The van der Waals surface area contributed by atoms with Gasteiger partial charge in [0.15, 0.2) is 0 Å². The Balaban J connectivity index is 0.00000196. The van der Waals surface area contributed by atoms with Crippen molar-refractivity contribution >= 4 is 30.7 Å². The molecule has 0 radical (unpaired) electrons. The highest BCUT2D eigenvalue weighted by Crippen LogP contribution is 2.18. The fourth-order valence-electron chi connectivity index (χ4n) is 3.07. The Bertz CT molecular complexity index is 774. The van der Waals surface area contributed by atoms with Crippen LogP contribution in [0.3, 0.4) is 0 Å². The lowest BCUT2D eigenvalue weighted by Crippen LogP contribution is -2.49. The topological polar surface area (TPSA) is 83.5 Å². The number of ether oxygens (including phenoxy) is 1. The fraction of sp³-hybridized carbons (Fsp3) is 0.400. The van der Waals surface area contributed by atoms with Crippen molar-refractivity contribution in [1.82, 2.24) is 15.6 Å². The number of halogens is 2. The molecule has 1 aliphatic rings. The van der Waals surface area contributed by atoms with Gasteiger partial charge in [-0.15, -0.1) is 24.8 Å². The average molecular weight is 428 g/mol. The van der Waals surface area contributed by atoms with Crippen molar-refractivity contribution in [3.05, 3.63) is 59.4 Å². The highest BCUT2D eigenvalue weighted by molar-refractivity contribution is 5.94. The zero-order valence-corrected chi connectivity index (χ0v) is 17.6. The maximum atomic E-state index is 12.3. The number of pyridine rings is 1. The number of nitrogens with one attached hydrogen (secondary N) is 2. The number of rotatable bonds is 6. The van der Waals surface area contributed by atoms with E-state index in [0.717, 1.165) is 13.0 Å². The summed E-state index contributed by atoms with van der Waals surface area (Å²) in [6.45, 7) is 4.73. The lowest BCUT2D eigenvalue weighted by atomic mass is 9.93. The molecule has 1 aromatic heterocycles. The molecule has 8 heteroatoms. The number of hydrogen-bond acceptors (Lipinski definition) is 5. The van der Waals surface area contributed by atoms with Gasteiger partial charge in [-0.25, -0.2) is 0 Å². The van der Waals surface area contributed by atoms with Crippen molar-refractivity contribution < 1.29 is 14.6 Å². The van der Waals surface area contributed by atoms with Crippen LogP contribution in [0.5, 0.6) is 5.75 Å². The summed E-state index contributed by atoms with van der Waals surface area (Å²) in [5.74, 6) is 0.278. The number of nitrogens with zero attached hydrogens (tertiary/aromatic N) is 1. The molecule has 1 unspecified atom stereocenters. The summed E-state index contributed by atoms with van der Waals surface area (Å²) in [5.41, 5.74) is 2.91. The van der Waals surface area contributed by atoms with Gasteiger partial charge in [-0.05, 0) is 37.5 Å². The fourth-order valence-corrected chi connectivity index (χ4v) is 3.07. The van der Waals surface area contributed by atoms with Crippen LogP contribution in [-0.2, 0) is 13.0 Å². The summed E-state index contributed by atoms with van der Waals surface area (Å²) < 4.78 is 5.56. The summed E-state index contributed by atoms with van der Waals surface area (Å²) >= 11 is 0. The van der Waals surface area contributed by atoms with Crippen LogP contribution in [-0.4, -0.2) is 40.8 Å². The van der Waals surface area contributed by atoms with Crippen LogP contribution in [0.4, 0.5) is 0 Å². The van der Waals surface area contributed by atoms with Crippen LogP contribution in [0.15, 0.2) is 42.7 Å². The zero-order valence-electron chi connectivity index (χ0n) is 15.9. The molecule has 6 nitrogen and oxygen atoms in total. The van der Waals surface area contributed by atoms with Crippen LogP contribution in [0, 0.1) is 0 Å². The molecular weight excluding hydrogens is 401 g/mol. The Hall–Kier alpha value is -1.86. The largest absolute Gasteiger partial charge is 0.489 e. The summed E-state index contributed by atoms with van der Waals surface area (Å²) in [4.78, 5) is 16.4. The van der Waals surface area contributed by atoms with Gasteiger partial charge in [0.25, 0.3) is 5.91 Å². The normalized spacial score (nSPS) is 16.2. The van der Waals surface area contributed by atoms with Gasteiger partial charge in [-0.3, -0.25) is 9.78 Å². The maximum absolute atomic E-state index is 12.3. The molecule has 28 heavy (non-hydrogen) atoms. The van der Waals surface area contributed by atoms with Gasteiger partial charge in [-0.2, -0.15) is 0 Å². The Morgan fingerprint density at radius 1 is 1.29 bits per heavy atom. The Morgan fingerprint density at radius 3 is 2.71 bits per heavy atom. The monoisotopic (exact) mass is 427 g/mol. The first-order chi connectivity index (χ1) is 12.5. The molecule has 0 bridgehead atoms. The third-order valence-corrected chi connectivity index (χ3v) is 4.40. The molecule has 0 fully saturated rings. The molecule has 2 heterocycles. The van der Waals surface area contributed by atoms with E-state index in [1.807, 2.05) is 26.0 Å². The molecule has 154 valence electrons. The number of fused-ring (bicyclic) bond motifs is 1. The Morgan fingerprint density at radius 2 is 2.00 bits per heavy atom. The zero-order chi connectivity index (χ0) is 18.5. The first-order valence-electron chi connectivity index (χ1n) is 8.91. The van der Waals surface area contributed by atoms with Gasteiger partial charge >= 0.3 is 0 Å². The predicted molar refractivity (Wildman–Crippen MR) is 114 cm³/mol. The van der Waals surface area contributed by atoms with Gasteiger partial charge in [0.05, 0.1) is 24.0 Å². The van der Waals surface area contributed by atoms with E-state index >= 15 is 0 Å². The molecular formula is C20H27Cl2N3O3. The van der Waals surface area contributed by atoms with Crippen molar-refractivity contribution in [2.75, 3.05) is 6.54 Å². The van der Waals surface area contributed by atoms with Gasteiger partial charge in [-0.1, -0.05) is 24.3 Å². The molecule has 1 amide bonds. The van der Waals surface area contributed by atoms with Crippen LogP contribution in [0.25, 0.3) is 0 Å². The number of carbonyl (C=O) groups is 1. The van der Waals surface area contributed by atoms with Crippen LogP contribution >= 0.6 is 24.8 Å². The third-order valence-electron chi connectivity index (χ3n) is 4.40. The minimum absolute atomic E-state index is 0. The van der Waals surface area contributed by atoms with Crippen LogP contribution in [0.2, 0.25) is 0 Å². The molecule has 0 aliphatic carbocycles. The molecule has 0 saturated carbocycles. The second kappa shape index (κ2) is 11.2. The lowest BCUT2D eigenvalue weighted by molar-refractivity contribution is 0.0869. The summed E-state index contributed by atoms with van der Waals surface area (Å²) in [6, 6.07) is 9.77. The molecule has 3 rings (SSSR count). The minimum Gasteiger partial charge on any atom is -0.489 e. The number of carbonyl (C=O) groups excluding carboxylic acids is 1. The predicted octanol–water partition coefficient (Wildman–Crippen LogP) is 2.52. The molecule has 1 aromatic carbocycles. The molecule has 0 spiro atoms.